The molecule has 0 saturated heterocycles. The maximum absolute atomic E-state index is 10.2. The van der Waals surface area contributed by atoms with Crippen molar-refractivity contribution >= 4 is 24.8 Å². The summed E-state index contributed by atoms with van der Waals surface area (Å²) in [5.74, 6) is -0.640. The van der Waals surface area contributed by atoms with Crippen LogP contribution >= 0.6 is 12.9 Å². The molecule has 0 aliphatic heterocycles. The first kappa shape index (κ1) is 14.5. The monoisotopic (exact) mass is 206 g/mol. The van der Waals surface area contributed by atoms with Gasteiger partial charge in [0.05, 0.1) is 7.11 Å². The van der Waals surface area contributed by atoms with E-state index in [1.54, 1.807) is 13.8 Å². The van der Waals surface area contributed by atoms with Gasteiger partial charge in [-0.05, 0) is 6.92 Å². The highest BCUT2D eigenvalue weighted by Crippen LogP contribution is 1.87. The lowest BCUT2D eigenvalue weighted by Gasteiger charge is -1.91. The minimum absolute atomic E-state index is 0.293. The number of esters is 1. The van der Waals surface area contributed by atoms with E-state index in [1.807, 2.05) is 0 Å². The van der Waals surface area contributed by atoms with Crippen LogP contribution in [0.1, 0.15) is 20.3 Å². The third kappa shape index (κ3) is 11.0. The number of carbonyl (C=O) groups excluding carboxylic acids is 2. The van der Waals surface area contributed by atoms with Crippen LogP contribution in [0, 0.1) is 0 Å². The molecule has 0 heterocycles. The van der Waals surface area contributed by atoms with Crippen LogP contribution in [-0.4, -0.2) is 19.0 Å². The smallest absolute Gasteiger partial charge is 0.332 e. The number of thiol groups is 1. The molecule has 13 heavy (non-hydrogen) atoms. The highest BCUT2D eigenvalue weighted by Gasteiger charge is 1.95. The highest BCUT2D eigenvalue weighted by atomic mass is 32.1. The van der Waals surface area contributed by atoms with Crippen molar-refractivity contribution in [1.82, 2.24) is 0 Å². The van der Waals surface area contributed by atoms with Crippen molar-refractivity contribution in [2.75, 3.05) is 7.11 Å². The van der Waals surface area contributed by atoms with E-state index in [0.717, 1.165) is 0 Å². The lowest BCUT2D eigenvalue weighted by Crippen LogP contribution is -1.98. The molecule has 0 aromatic rings. The van der Waals surface area contributed by atoms with Gasteiger partial charge < -0.3 is 8.92 Å². The Labute approximate surface area is 83.5 Å². The predicted molar refractivity (Wildman–Crippen MR) is 52.2 cm³/mol. The van der Waals surface area contributed by atoms with Crippen LogP contribution in [0.15, 0.2) is 12.2 Å². The summed E-state index contributed by atoms with van der Waals surface area (Å²) in [6, 6.07) is 0. The third-order valence-electron chi connectivity index (χ3n) is 0.924. The first-order valence-electron chi connectivity index (χ1n) is 3.57. The van der Waals surface area contributed by atoms with Gasteiger partial charge in [-0.3, -0.25) is 4.79 Å². The molecular formula is C8H14O4S. The van der Waals surface area contributed by atoms with E-state index in [-0.39, 0.29) is 11.9 Å². The fourth-order valence-corrected chi connectivity index (χ4v) is 0.368. The second kappa shape index (κ2) is 9.12. The fraction of sp³-hybridized carbons (Fsp3) is 0.500. The number of methoxy groups -OCH3 is 1. The Morgan fingerprint density at radius 3 is 1.92 bits per heavy atom. The van der Waals surface area contributed by atoms with Gasteiger partial charge >= 0.3 is 11.9 Å². The van der Waals surface area contributed by atoms with Crippen LogP contribution in [0.2, 0.25) is 0 Å². The minimum Gasteiger partial charge on any atom is -0.466 e. The Morgan fingerprint density at radius 1 is 1.46 bits per heavy atom. The van der Waals surface area contributed by atoms with Crippen LogP contribution in [0.25, 0.3) is 0 Å². The van der Waals surface area contributed by atoms with Crippen LogP contribution in [-0.2, 0) is 18.5 Å². The van der Waals surface area contributed by atoms with Gasteiger partial charge in [-0.25, -0.2) is 4.79 Å². The van der Waals surface area contributed by atoms with E-state index < -0.39 is 0 Å². The summed E-state index contributed by atoms with van der Waals surface area (Å²) in [5, 5.41) is 0. The number of carbonyl (C=O) groups is 2. The Balaban J connectivity index is 0. The van der Waals surface area contributed by atoms with Crippen molar-refractivity contribution in [2.24, 2.45) is 0 Å². The van der Waals surface area contributed by atoms with Gasteiger partial charge in [-0.1, -0.05) is 13.5 Å². The molecule has 0 unspecified atom stereocenters. The summed E-state index contributed by atoms with van der Waals surface area (Å²) < 4.78 is 8.23. The molecule has 0 amide bonds. The molecule has 0 atom stereocenters. The fourth-order valence-electron chi connectivity index (χ4n) is 0.239. The van der Waals surface area contributed by atoms with Crippen LogP contribution in [0.5, 0.6) is 0 Å². The molecule has 0 aromatic heterocycles. The Hall–Kier alpha value is -0.970. The first-order chi connectivity index (χ1) is 5.99. The molecule has 0 bridgehead atoms. The quantitative estimate of drug-likeness (QED) is 0.322. The Kier molecular flexibility index (Phi) is 10.2. The predicted octanol–water partition coefficient (Wildman–Crippen LogP) is 1.52. The normalized spacial score (nSPS) is 7.69. The molecule has 0 rings (SSSR count). The first-order valence-corrected chi connectivity index (χ1v) is 3.94. The molecule has 0 radical (unpaired) electrons. The van der Waals surface area contributed by atoms with Gasteiger partial charge in [0, 0.05) is 24.9 Å². The van der Waals surface area contributed by atoms with E-state index in [9.17, 15) is 9.59 Å². The summed E-state index contributed by atoms with van der Waals surface area (Å²) in [7, 11) is 1.33. The SMILES string of the molecule is C=C(C)C(=O)OC.CCC(=O)OS. The molecule has 0 fully saturated rings. The number of hydrogen-bond acceptors (Lipinski definition) is 5. The average molecular weight is 206 g/mol. The summed E-state index contributed by atoms with van der Waals surface area (Å²) in [5.41, 5.74) is 0.433. The largest absolute Gasteiger partial charge is 0.466 e. The van der Waals surface area contributed by atoms with Crippen molar-refractivity contribution in [2.45, 2.75) is 20.3 Å². The number of rotatable bonds is 2. The van der Waals surface area contributed by atoms with E-state index in [4.69, 9.17) is 0 Å². The van der Waals surface area contributed by atoms with Crippen molar-refractivity contribution in [3.8, 4) is 0 Å². The summed E-state index contributed by atoms with van der Waals surface area (Å²) in [6.07, 6.45) is 0.392. The zero-order chi connectivity index (χ0) is 10.9. The van der Waals surface area contributed by atoms with Crippen molar-refractivity contribution in [1.29, 1.82) is 0 Å². The van der Waals surface area contributed by atoms with E-state index in [2.05, 4.69) is 28.4 Å². The maximum atomic E-state index is 10.2. The second-order valence-corrected chi connectivity index (χ2v) is 2.27. The molecule has 0 spiro atoms. The molecule has 0 saturated carbocycles. The lowest BCUT2D eigenvalue weighted by atomic mass is 10.4. The Bertz CT molecular complexity index is 183. The molecule has 5 heteroatoms. The van der Waals surface area contributed by atoms with Crippen LogP contribution in [0.3, 0.4) is 0 Å². The Morgan fingerprint density at radius 2 is 1.92 bits per heavy atom. The maximum Gasteiger partial charge on any atom is 0.332 e. The zero-order valence-corrected chi connectivity index (χ0v) is 8.89. The van der Waals surface area contributed by atoms with Gasteiger partial charge in [0.2, 0.25) is 0 Å². The van der Waals surface area contributed by atoms with Crippen molar-refractivity contribution in [3.05, 3.63) is 12.2 Å². The molecule has 76 valence electrons. The minimum atomic E-state index is -0.347. The number of ether oxygens (including phenoxy) is 1. The highest BCUT2D eigenvalue weighted by molar-refractivity contribution is 7.75. The van der Waals surface area contributed by atoms with Crippen LogP contribution < -0.4 is 0 Å². The summed E-state index contributed by atoms with van der Waals surface area (Å²) in [4.78, 5) is 20.1. The van der Waals surface area contributed by atoms with Gasteiger partial charge in [0.1, 0.15) is 0 Å². The van der Waals surface area contributed by atoms with E-state index in [1.165, 1.54) is 7.11 Å². The summed E-state index contributed by atoms with van der Waals surface area (Å²) in [6.45, 7) is 6.66. The molecule has 0 aliphatic carbocycles. The average Bonchev–Trinajstić information content (AvgIpc) is 2.16. The van der Waals surface area contributed by atoms with Crippen molar-refractivity contribution in [3.63, 3.8) is 0 Å². The molecular weight excluding hydrogens is 192 g/mol. The molecule has 4 nitrogen and oxygen atoms in total. The second-order valence-electron chi connectivity index (χ2n) is 2.09. The van der Waals surface area contributed by atoms with E-state index >= 15 is 0 Å². The number of hydrogen-bond donors (Lipinski definition) is 1. The van der Waals surface area contributed by atoms with Gasteiger partial charge in [0.25, 0.3) is 0 Å². The summed E-state index contributed by atoms with van der Waals surface area (Å²) >= 11 is 3.25. The molecule has 0 N–H and O–H groups in total. The van der Waals surface area contributed by atoms with E-state index in [0.29, 0.717) is 12.0 Å². The van der Waals surface area contributed by atoms with Crippen molar-refractivity contribution < 1.29 is 18.5 Å². The topological polar surface area (TPSA) is 52.6 Å². The standard InChI is InChI=1S/C5H8O2.C3H6O2S/c1-4(2)5(6)7-3;1-2-3(4)5-6/h1H2,2-3H3;6H,2H2,1H3. The van der Waals surface area contributed by atoms with Crippen LogP contribution in [0.4, 0.5) is 0 Å². The molecule has 0 aliphatic rings. The zero-order valence-electron chi connectivity index (χ0n) is 7.99. The van der Waals surface area contributed by atoms with Gasteiger partial charge in [-0.15, -0.1) is 0 Å². The lowest BCUT2D eigenvalue weighted by molar-refractivity contribution is -0.136. The van der Waals surface area contributed by atoms with Gasteiger partial charge in [0.15, 0.2) is 0 Å². The third-order valence-corrected chi connectivity index (χ3v) is 1.13. The van der Waals surface area contributed by atoms with Gasteiger partial charge in [-0.2, -0.15) is 0 Å². The molecule has 0 aromatic carbocycles.